The molecule has 31 heavy (non-hydrogen) atoms. The molecule has 6 heteroatoms. The van der Waals surface area contributed by atoms with Crippen molar-refractivity contribution in [2.45, 2.75) is 32.4 Å². The normalized spacial score (nSPS) is 19.1. The Kier molecular flexibility index (Phi) is 5.08. The van der Waals surface area contributed by atoms with Crippen LogP contribution in [-0.2, 0) is 20.9 Å². The zero-order chi connectivity index (χ0) is 21.4. The molecule has 1 aromatic heterocycles. The fourth-order valence-corrected chi connectivity index (χ4v) is 4.50. The van der Waals surface area contributed by atoms with Gasteiger partial charge in [0.15, 0.2) is 0 Å². The van der Waals surface area contributed by atoms with Crippen LogP contribution >= 0.6 is 0 Å². The minimum atomic E-state index is -0.105. The third-order valence-electron chi connectivity index (χ3n) is 6.13. The van der Waals surface area contributed by atoms with Gasteiger partial charge in [0.1, 0.15) is 6.54 Å². The largest absolute Gasteiger partial charge is 0.376 e. The molecule has 6 nitrogen and oxygen atoms in total. The summed E-state index contributed by atoms with van der Waals surface area (Å²) in [5.41, 5.74) is 5.27. The fourth-order valence-electron chi connectivity index (χ4n) is 4.50. The Hall–Kier alpha value is -3.38. The van der Waals surface area contributed by atoms with Crippen LogP contribution in [0.25, 0.3) is 22.6 Å². The van der Waals surface area contributed by atoms with E-state index in [-0.39, 0.29) is 24.5 Å². The molecule has 0 saturated carbocycles. The number of anilines is 1. The Bertz CT molecular complexity index is 1200. The maximum atomic E-state index is 12.7. The van der Waals surface area contributed by atoms with Gasteiger partial charge in [0.25, 0.3) is 5.91 Å². The van der Waals surface area contributed by atoms with Crippen molar-refractivity contribution < 1.29 is 14.3 Å². The lowest BCUT2D eigenvalue weighted by Crippen LogP contribution is -2.34. The van der Waals surface area contributed by atoms with Gasteiger partial charge < -0.3 is 19.9 Å². The number of rotatable bonds is 5. The number of hydrogen-bond acceptors (Lipinski definition) is 3. The molecule has 0 spiro atoms. The van der Waals surface area contributed by atoms with E-state index in [2.05, 4.69) is 10.6 Å². The number of fused-ring (bicyclic) bond motifs is 2. The summed E-state index contributed by atoms with van der Waals surface area (Å²) in [7, 11) is 0. The van der Waals surface area contributed by atoms with E-state index < -0.39 is 0 Å². The summed E-state index contributed by atoms with van der Waals surface area (Å²) in [6.07, 6.45) is 4.11. The first kappa shape index (κ1) is 19.6. The predicted molar refractivity (Wildman–Crippen MR) is 122 cm³/mol. The zero-order valence-corrected chi connectivity index (χ0v) is 17.5. The molecule has 1 fully saturated rings. The van der Waals surface area contributed by atoms with Gasteiger partial charge in [-0.1, -0.05) is 36.4 Å². The molecular weight excluding hydrogens is 390 g/mol. The molecular formula is C25H25N3O3. The lowest BCUT2D eigenvalue weighted by atomic mass is 10.0. The topological polar surface area (TPSA) is 72.4 Å². The van der Waals surface area contributed by atoms with E-state index >= 15 is 0 Å². The molecule has 3 aromatic rings. The molecule has 3 heterocycles. The van der Waals surface area contributed by atoms with Crippen molar-refractivity contribution in [1.29, 1.82) is 0 Å². The van der Waals surface area contributed by atoms with Gasteiger partial charge in [-0.15, -0.1) is 0 Å². The predicted octanol–water partition coefficient (Wildman–Crippen LogP) is 3.74. The van der Waals surface area contributed by atoms with Crippen molar-refractivity contribution >= 4 is 40.1 Å². The van der Waals surface area contributed by atoms with Crippen molar-refractivity contribution in [3.63, 3.8) is 0 Å². The summed E-state index contributed by atoms with van der Waals surface area (Å²) >= 11 is 0. The molecule has 1 unspecified atom stereocenters. The maximum Gasteiger partial charge on any atom is 0.256 e. The van der Waals surface area contributed by atoms with E-state index in [9.17, 15) is 9.59 Å². The fraction of sp³-hybridized carbons (Fsp3) is 0.280. The number of aromatic nitrogens is 1. The molecule has 5 rings (SSSR count). The highest BCUT2D eigenvalue weighted by Gasteiger charge is 2.25. The minimum Gasteiger partial charge on any atom is -0.376 e. The molecule has 2 aromatic carbocycles. The van der Waals surface area contributed by atoms with Crippen molar-refractivity contribution in [3.8, 4) is 0 Å². The first-order chi connectivity index (χ1) is 15.1. The number of para-hydroxylation sites is 2. The van der Waals surface area contributed by atoms with Gasteiger partial charge in [0, 0.05) is 52.1 Å². The molecule has 1 atom stereocenters. The van der Waals surface area contributed by atoms with E-state index in [0.29, 0.717) is 12.1 Å². The second-order valence-electron chi connectivity index (χ2n) is 8.10. The highest BCUT2D eigenvalue weighted by Crippen LogP contribution is 2.35. The monoisotopic (exact) mass is 415 g/mol. The Balaban J connectivity index is 1.48. The van der Waals surface area contributed by atoms with Crippen molar-refractivity contribution in [1.82, 2.24) is 9.88 Å². The lowest BCUT2D eigenvalue weighted by Gasteiger charge is -2.12. The first-order valence-corrected chi connectivity index (χ1v) is 10.7. The summed E-state index contributed by atoms with van der Waals surface area (Å²) in [6.45, 7) is 3.55. The number of benzene rings is 2. The van der Waals surface area contributed by atoms with E-state index in [1.165, 1.54) is 0 Å². The molecule has 2 aliphatic heterocycles. The molecule has 2 N–H and O–H groups in total. The second-order valence-corrected chi connectivity index (χ2v) is 8.10. The number of nitrogens with one attached hydrogen (secondary N) is 2. The third-order valence-corrected chi connectivity index (χ3v) is 6.13. The van der Waals surface area contributed by atoms with Crippen LogP contribution in [0.5, 0.6) is 0 Å². The lowest BCUT2D eigenvalue weighted by molar-refractivity contribution is -0.122. The summed E-state index contributed by atoms with van der Waals surface area (Å²) < 4.78 is 7.62. The van der Waals surface area contributed by atoms with Gasteiger partial charge in [-0.3, -0.25) is 9.59 Å². The van der Waals surface area contributed by atoms with Gasteiger partial charge >= 0.3 is 0 Å². The van der Waals surface area contributed by atoms with Gasteiger partial charge in [0.2, 0.25) is 5.91 Å². The maximum absolute atomic E-state index is 12.7. The van der Waals surface area contributed by atoms with E-state index in [1.54, 1.807) is 0 Å². The molecule has 2 amide bonds. The van der Waals surface area contributed by atoms with Gasteiger partial charge in [-0.25, -0.2) is 0 Å². The molecule has 0 aliphatic carbocycles. The summed E-state index contributed by atoms with van der Waals surface area (Å²) in [4.78, 5) is 25.3. The smallest absolute Gasteiger partial charge is 0.256 e. The summed E-state index contributed by atoms with van der Waals surface area (Å²) in [5, 5.41) is 6.96. The van der Waals surface area contributed by atoms with Crippen LogP contribution in [-0.4, -0.2) is 35.6 Å². The Morgan fingerprint density at radius 2 is 2.03 bits per heavy atom. The van der Waals surface area contributed by atoms with E-state index in [1.807, 2.05) is 66.1 Å². The van der Waals surface area contributed by atoms with Crippen molar-refractivity contribution in [2.75, 3.05) is 18.5 Å². The zero-order valence-electron chi connectivity index (χ0n) is 17.5. The van der Waals surface area contributed by atoms with Crippen molar-refractivity contribution in [2.24, 2.45) is 0 Å². The van der Waals surface area contributed by atoms with Gasteiger partial charge in [-0.2, -0.15) is 0 Å². The Morgan fingerprint density at radius 3 is 2.87 bits per heavy atom. The van der Waals surface area contributed by atoms with Crippen LogP contribution in [0.2, 0.25) is 0 Å². The molecule has 0 radical (unpaired) electrons. The number of nitrogens with zero attached hydrogens (tertiary/aromatic N) is 1. The quantitative estimate of drug-likeness (QED) is 0.624. The number of amides is 2. The van der Waals surface area contributed by atoms with Crippen LogP contribution < -0.4 is 10.6 Å². The van der Waals surface area contributed by atoms with E-state index in [0.717, 1.165) is 52.9 Å². The average molecular weight is 415 g/mol. The number of carbonyl (C=O) groups is 2. The molecule has 158 valence electrons. The van der Waals surface area contributed by atoms with Gasteiger partial charge in [-0.05, 0) is 38.0 Å². The van der Waals surface area contributed by atoms with Crippen LogP contribution in [0.4, 0.5) is 5.69 Å². The van der Waals surface area contributed by atoms with Crippen LogP contribution in [0, 0.1) is 6.92 Å². The standard InChI is InChI=1S/C25H25N3O3/c1-16-20(13-21-18-8-2-4-10-22(18)27-25(21)30)19-9-3-5-11-23(19)28(16)15-24(29)26-14-17-7-6-12-31-17/h2-5,8-11,13,17H,6-7,12,14-15H2,1H3,(H,26,29)(H,27,30)/b21-13-. The van der Waals surface area contributed by atoms with E-state index in [4.69, 9.17) is 4.74 Å². The summed E-state index contributed by atoms with van der Waals surface area (Å²) in [6, 6.07) is 15.7. The molecule has 2 aliphatic rings. The molecule has 1 saturated heterocycles. The van der Waals surface area contributed by atoms with Crippen LogP contribution in [0.3, 0.4) is 0 Å². The highest BCUT2D eigenvalue weighted by molar-refractivity contribution is 6.35. The number of carbonyl (C=O) groups excluding carboxylic acids is 2. The third kappa shape index (κ3) is 3.64. The van der Waals surface area contributed by atoms with Crippen LogP contribution in [0.1, 0.15) is 29.7 Å². The Labute approximate surface area is 180 Å². The average Bonchev–Trinajstić information content (AvgIpc) is 3.47. The molecule has 0 bridgehead atoms. The second kappa shape index (κ2) is 8.04. The number of hydrogen-bond donors (Lipinski definition) is 2. The highest BCUT2D eigenvalue weighted by atomic mass is 16.5. The summed E-state index contributed by atoms with van der Waals surface area (Å²) in [5.74, 6) is -0.144. The first-order valence-electron chi connectivity index (χ1n) is 10.7. The minimum absolute atomic E-state index is 0.0393. The SMILES string of the molecule is Cc1c(/C=C2\C(=O)Nc3ccccc32)c2ccccc2n1CC(=O)NCC1CCCO1. The van der Waals surface area contributed by atoms with Crippen molar-refractivity contribution in [3.05, 3.63) is 65.4 Å². The van der Waals surface area contributed by atoms with Gasteiger partial charge in [0.05, 0.1) is 6.10 Å². The Morgan fingerprint density at radius 1 is 1.23 bits per heavy atom. The van der Waals surface area contributed by atoms with Crippen LogP contribution in [0.15, 0.2) is 48.5 Å². The number of ether oxygens (including phenoxy) is 1.